The molecule has 148 valence electrons. The molecule has 0 fully saturated rings. The fourth-order valence-corrected chi connectivity index (χ4v) is 2.53. The summed E-state index contributed by atoms with van der Waals surface area (Å²) in [5.74, 6) is -2.03. The molecular weight excluding hydrogens is 368 g/mol. The predicted molar refractivity (Wildman–Crippen MR) is 98.3 cm³/mol. The molecule has 0 heterocycles. The van der Waals surface area contributed by atoms with E-state index >= 15 is 0 Å². The van der Waals surface area contributed by atoms with E-state index in [2.05, 4.69) is 0 Å². The van der Waals surface area contributed by atoms with Crippen LogP contribution in [0.25, 0.3) is 0 Å². The van der Waals surface area contributed by atoms with Crippen molar-refractivity contribution >= 4 is 11.9 Å². The van der Waals surface area contributed by atoms with Crippen LogP contribution in [0.4, 0.5) is 0 Å². The average molecular weight is 388 g/mol. The molecule has 0 aliphatic carbocycles. The van der Waals surface area contributed by atoms with Crippen LogP contribution in [0.3, 0.4) is 0 Å². The molecule has 0 spiro atoms. The minimum Gasteiger partial charge on any atom is -0.508 e. The van der Waals surface area contributed by atoms with Crippen molar-refractivity contribution in [2.24, 2.45) is 0 Å². The lowest BCUT2D eigenvalue weighted by atomic mass is 10.0. The first kappa shape index (κ1) is 20.8. The molecule has 0 aliphatic rings. The number of nitro groups is 1. The molecule has 2 aromatic carbocycles. The lowest BCUT2D eigenvalue weighted by Crippen LogP contribution is -2.48. The number of amides is 1. The SMILES string of the molecule is CC(C[N+](=O)[O-])ON(C(=O)c1ccccc1)[C@@H](Cc1ccc(O)cc1)C(=O)O. The second-order valence-electron chi connectivity index (χ2n) is 6.15. The molecule has 0 aromatic heterocycles. The van der Waals surface area contributed by atoms with Crippen LogP contribution in [0.15, 0.2) is 54.6 Å². The third-order valence-electron chi connectivity index (χ3n) is 3.85. The summed E-state index contributed by atoms with van der Waals surface area (Å²) >= 11 is 0. The standard InChI is InChI=1S/C19H20N2O7/c1-13(12-20(26)27)28-21(18(23)15-5-3-2-4-6-15)17(19(24)25)11-14-7-9-16(22)10-8-14/h2-10,13,17,22H,11-12H2,1H3,(H,24,25)/t13?,17-/m0/s1. The molecule has 28 heavy (non-hydrogen) atoms. The summed E-state index contributed by atoms with van der Waals surface area (Å²) < 4.78 is 0. The number of phenolic OH excluding ortho intramolecular Hbond substituents is 1. The average Bonchev–Trinajstić information content (AvgIpc) is 2.65. The molecule has 2 aromatic rings. The first-order valence-corrected chi connectivity index (χ1v) is 8.46. The molecule has 9 nitrogen and oxygen atoms in total. The third-order valence-corrected chi connectivity index (χ3v) is 3.85. The Kier molecular flexibility index (Phi) is 7.05. The number of benzene rings is 2. The Hall–Kier alpha value is -3.46. The van der Waals surface area contributed by atoms with Gasteiger partial charge in [0.05, 0.1) is 0 Å². The first-order valence-electron chi connectivity index (χ1n) is 8.46. The van der Waals surface area contributed by atoms with Crippen molar-refractivity contribution in [2.45, 2.75) is 25.5 Å². The Morgan fingerprint density at radius 3 is 2.29 bits per heavy atom. The van der Waals surface area contributed by atoms with Crippen molar-refractivity contribution < 1.29 is 29.6 Å². The normalized spacial score (nSPS) is 12.8. The second kappa shape index (κ2) is 9.47. The van der Waals surface area contributed by atoms with E-state index in [1.165, 1.54) is 43.3 Å². The van der Waals surface area contributed by atoms with Gasteiger partial charge in [-0.15, -0.1) is 0 Å². The second-order valence-corrected chi connectivity index (χ2v) is 6.15. The third kappa shape index (κ3) is 5.78. The topological polar surface area (TPSA) is 130 Å². The molecule has 0 radical (unpaired) electrons. The highest BCUT2D eigenvalue weighted by Gasteiger charge is 2.34. The smallest absolute Gasteiger partial charge is 0.329 e. The predicted octanol–water partition coefficient (Wildman–Crippen LogP) is 2.13. The molecule has 2 N–H and O–H groups in total. The zero-order valence-electron chi connectivity index (χ0n) is 15.1. The summed E-state index contributed by atoms with van der Waals surface area (Å²) in [4.78, 5) is 40.3. The van der Waals surface area contributed by atoms with Crippen LogP contribution in [-0.4, -0.2) is 50.8 Å². The van der Waals surface area contributed by atoms with Crippen LogP contribution in [0.1, 0.15) is 22.8 Å². The van der Waals surface area contributed by atoms with E-state index in [1.807, 2.05) is 0 Å². The van der Waals surface area contributed by atoms with Crippen LogP contribution >= 0.6 is 0 Å². The van der Waals surface area contributed by atoms with Gasteiger partial charge in [0.15, 0.2) is 6.04 Å². The number of nitrogens with zero attached hydrogens (tertiary/aromatic N) is 2. The van der Waals surface area contributed by atoms with Gasteiger partial charge in [0.2, 0.25) is 6.54 Å². The Labute approximate surface area is 160 Å². The zero-order chi connectivity index (χ0) is 20.7. The van der Waals surface area contributed by atoms with E-state index in [1.54, 1.807) is 18.2 Å². The Morgan fingerprint density at radius 2 is 1.75 bits per heavy atom. The number of rotatable bonds is 9. The Balaban J connectivity index is 2.34. The summed E-state index contributed by atoms with van der Waals surface area (Å²) in [6, 6.07) is 12.3. The fraction of sp³-hybridized carbons (Fsp3) is 0.263. The number of aliphatic carboxylic acids is 1. The quantitative estimate of drug-likeness (QED) is 0.497. The number of phenols is 1. The van der Waals surface area contributed by atoms with Crippen molar-refractivity contribution in [1.29, 1.82) is 0 Å². The minimum atomic E-state index is -1.42. The van der Waals surface area contributed by atoms with Crippen LogP contribution in [-0.2, 0) is 16.1 Å². The summed E-state index contributed by atoms with van der Waals surface area (Å²) in [5, 5.41) is 30.5. The number of carbonyl (C=O) groups is 2. The lowest BCUT2D eigenvalue weighted by molar-refractivity contribution is -0.495. The molecule has 0 bridgehead atoms. The van der Waals surface area contributed by atoms with E-state index in [4.69, 9.17) is 4.84 Å². The van der Waals surface area contributed by atoms with E-state index in [-0.39, 0.29) is 17.7 Å². The summed E-state index contributed by atoms with van der Waals surface area (Å²) in [6.07, 6.45) is -1.14. The molecule has 9 heteroatoms. The van der Waals surface area contributed by atoms with Gasteiger partial charge in [-0.2, -0.15) is 0 Å². The van der Waals surface area contributed by atoms with Crippen molar-refractivity contribution in [3.63, 3.8) is 0 Å². The number of carbonyl (C=O) groups excluding carboxylic acids is 1. The number of hydrogen-bond donors (Lipinski definition) is 2. The summed E-state index contributed by atoms with van der Waals surface area (Å²) in [6.45, 7) is 0.789. The summed E-state index contributed by atoms with van der Waals surface area (Å²) in [5.41, 5.74) is 0.731. The summed E-state index contributed by atoms with van der Waals surface area (Å²) in [7, 11) is 0. The first-order chi connectivity index (χ1) is 13.3. The molecule has 0 saturated heterocycles. The highest BCUT2D eigenvalue weighted by molar-refractivity contribution is 5.95. The van der Waals surface area contributed by atoms with Gasteiger partial charge in [0, 0.05) is 16.9 Å². The monoisotopic (exact) mass is 388 g/mol. The number of carboxylic acids is 1. The molecule has 2 atom stereocenters. The maximum absolute atomic E-state index is 12.9. The zero-order valence-corrected chi connectivity index (χ0v) is 15.1. The minimum absolute atomic E-state index is 0.0173. The van der Waals surface area contributed by atoms with Crippen molar-refractivity contribution in [3.8, 4) is 5.75 Å². The maximum Gasteiger partial charge on any atom is 0.329 e. The van der Waals surface area contributed by atoms with E-state index in [0.29, 0.717) is 10.6 Å². The van der Waals surface area contributed by atoms with Gasteiger partial charge in [-0.05, 0) is 36.8 Å². The van der Waals surface area contributed by atoms with Gasteiger partial charge in [0.25, 0.3) is 5.91 Å². The van der Waals surface area contributed by atoms with E-state index < -0.39 is 35.5 Å². The lowest BCUT2D eigenvalue weighted by Gasteiger charge is -2.29. The van der Waals surface area contributed by atoms with Gasteiger partial charge in [-0.3, -0.25) is 19.7 Å². The number of hydroxylamine groups is 2. The molecule has 1 amide bonds. The van der Waals surface area contributed by atoms with Crippen LogP contribution < -0.4 is 0 Å². The van der Waals surface area contributed by atoms with Crippen molar-refractivity contribution in [1.82, 2.24) is 5.06 Å². The van der Waals surface area contributed by atoms with Gasteiger partial charge >= 0.3 is 5.97 Å². The van der Waals surface area contributed by atoms with Crippen molar-refractivity contribution in [3.05, 3.63) is 75.8 Å². The van der Waals surface area contributed by atoms with Crippen LogP contribution in [0.5, 0.6) is 5.75 Å². The van der Waals surface area contributed by atoms with Crippen LogP contribution in [0.2, 0.25) is 0 Å². The maximum atomic E-state index is 12.9. The Bertz CT molecular complexity index is 824. The van der Waals surface area contributed by atoms with Gasteiger partial charge in [0.1, 0.15) is 11.9 Å². The number of aromatic hydroxyl groups is 1. The highest BCUT2D eigenvalue weighted by Crippen LogP contribution is 2.18. The Morgan fingerprint density at radius 1 is 1.14 bits per heavy atom. The highest BCUT2D eigenvalue weighted by atomic mass is 16.7. The molecular formula is C19H20N2O7. The number of hydrogen-bond acceptors (Lipinski definition) is 6. The number of carboxylic acid groups (broad SMARTS) is 1. The fourth-order valence-electron chi connectivity index (χ4n) is 2.53. The van der Waals surface area contributed by atoms with Gasteiger partial charge < -0.3 is 10.2 Å². The van der Waals surface area contributed by atoms with Crippen molar-refractivity contribution in [2.75, 3.05) is 6.54 Å². The van der Waals surface area contributed by atoms with E-state index in [0.717, 1.165) is 0 Å². The molecule has 0 saturated carbocycles. The molecule has 2 rings (SSSR count). The largest absolute Gasteiger partial charge is 0.508 e. The van der Waals surface area contributed by atoms with Crippen LogP contribution in [0, 0.1) is 10.1 Å². The molecule has 1 unspecified atom stereocenters. The van der Waals surface area contributed by atoms with Gasteiger partial charge in [-0.25, -0.2) is 9.86 Å². The van der Waals surface area contributed by atoms with Gasteiger partial charge in [-0.1, -0.05) is 30.3 Å². The van der Waals surface area contributed by atoms with E-state index in [9.17, 15) is 29.9 Å². The molecule has 0 aliphatic heterocycles.